The molecule has 0 aromatic rings. The highest BCUT2D eigenvalue weighted by Crippen LogP contribution is 1.92. The molecule has 56 valence electrons. The van der Waals surface area contributed by atoms with Crippen LogP contribution in [0.3, 0.4) is 0 Å². The summed E-state index contributed by atoms with van der Waals surface area (Å²) >= 11 is 0. The highest BCUT2D eigenvalue weighted by molar-refractivity contribution is 5.81. The fourth-order valence-corrected chi connectivity index (χ4v) is 0.328. The summed E-state index contributed by atoms with van der Waals surface area (Å²) < 4.78 is 4.43. The van der Waals surface area contributed by atoms with Crippen LogP contribution in [0.4, 0.5) is 0 Å². The zero-order valence-corrected chi connectivity index (χ0v) is 5.78. The van der Waals surface area contributed by atoms with Crippen LogP contribution < -0.4 is 0 Å². The Bertz CT molecular complexity index is 220. The molecule has 0 saturated carbocycles. The fourth-order valence-electron chi connectivity index (χ4n) is 0.328. The first-order valence-corrected chi connectivity index (χ1v) is 2.83. The second kappa shape index (κ2) is 5.01. The Balaban J connectivity index is 3.72. The molecular weight excluding hydrogens is 144 g/mol. The van der Waals surface area contributed by atoms with E-state index in [2.05, 4.69) is 11.3 Å². The predicted molar refractivity (Wildman–Crippen MR) is 35.9 cm³/mol. The maximum absolute atomic E-state index is 10.4. The molecule has 0 aromatic heterocycles. The molecule has 0 fully saturated rings. The van der Waals surface area contributed by atoms with Crippen LogP contribution in [0.2, 0.25) is 0 Å². The molecule has 0 aliphatic rings. The van der Waals surface area contributed by atoms with E-state index >= 15 is 0 Å². The van der Waals surface area contributed by atoms with Crippen LogP contribution in [-0.4, -0.2) is 12.6 Å². The summed E-state index contributed by atoms with van der Waals surface area (Å²) in [6.07, 6.45) is 0.978. The van der Waals surface area contributed by atoms with E-state index in [1.165, 1.54) is 0 Å². The zero-order chi connectivity index (χ0) is 8.69. The summed E-state index contributed by atoms with van der Waals surface area (Å²) in [7, 11) is 0. The Morgan fingerprint density at radius 2 is 2.18 bits per heavy atom. The van der Waals surface area contributed by atoms with Gasteiger partial charge in [-0.3, -0.25) is 0 Å². The number of ether oxygens (including phenoxy) is 1. The Morgan fingerprint density at radius 1 is 1.64 bits per heavy atom. The van der Waals surface area contributed by atoms with Crippen molar-refractivity contribution in [3.05, 3.63) is 12.7 Å². The lowest BCUT2D eigenvalue weighted by Gasteiger charge is -1.99. The topological polar surface area (TPSA) is 73.9 Å². The average Bonchev–Trinajstić information content (AvgIpc) is 2.06. The van der Waals surface area contributed by atoms with Gasteiger partial charge in [0.1, 0.15) is 6.61 Å². The van der Waals surface area contributed by atoms with Crippen molar-refractivity contribution in [1.29, 1.82) is 10.5 Å². The van der Waals surface area contributed by atoms with Gasteiger partial charge in [0.15, 0.2) is 5.92 Å². The summed E-state index contributed by atoms with van der Waals surface area (Å²) in [5.74, 6) is -1.51. The number of rotatable bonds is 3. The molecule has 0 aromatic carbocycles. The maximum atomic E-state index is 10.4. The minimum atomic E-state index is -0.890. The number of carbonyl (C=O) groups excluding carboxylic acids is 1. The third kappa shape index (κ3) is 3.72. The predicted octanol–water partition coefficient (Wildman–Crippen LogP) is 0.379. The van der Waals surface area contributed by atoms with Crippen LogP contribution in [-0.2, 0) is 9.53 Å². The molecule has 4 heteroatoms. The Morgan fingerprint density at radius 3 is 2.55 bits per heavy atom. The molecule has 0 atom stereocenters. The van der Waals surface area contributed by atoms with E-state index < -0.39 is 11.9 Å². The molecule has 0 spiro atoms. The third-order valence-electron chi connectivity index (χ3n) is 0.871. The van der Waals surface area contributed by atoms with Gasteiger partial charge in [-0.1, -0.05) is 6.58 Å². The summed E-state index contributed by atoms with van der Waals surface area (Å²) in [4.78, 5) is 10.4. The van der Waals surface area contributed by atoms with E-state index in [0.717, 1.165) is 6.08 Å². The quantitative estimate of drug-likeness (QED) is 0.430. The number of esters is 1. The van der Waals surface area contributed by atoms with Crippen molar-refractivity contribution in [2.24, 2.45) is 5.92 Å². The largest absolute Gasteiger partial charge is 0.460 e. The van der Waals surface area contributed by atoms with Crippen molar-refractivity contribution < 1.29 is 9.53 Å². The number of nitriles is 2. The van der Waals surface area contributed by atoms with Gasteiger partial charge in [-0.05, 0) is 0 Å². The Hall–Kier alpha value is -1.81. The molecule has 0 rings (SSSR count). The molecule has 0 heterocycles. The lowest BCUT2D eigenvalue weighted by molar-refractivity contribution is -0.138. The van der Waals surface area contributed by atoms with Gasteiger partial charge in [-0.2, -0.15) is 10.5 Å². The lowest BCUT2D eigenvalue weighted by Crippen LogP contribution is -2.09. The van der Waals surface area contributed by atoms with Gasteiger partial charge in [0.05, 0.1) is 12.1 Å². The Labute approximate surface area is 64.3 Å². The van der Waals surface area contributed by atoms with Crippen molar-refractivity contribution in [2.45, 2.75) is 0 Å². The minimum Gasteiger partial charge on any atom is -0.460 e. The van der Waals surface area contributed by atoms with Crippen molar-refractivity contribution in [3.8, 4) is 12.1 Å². The SMILES string of the molecule is C=CC(=O)OCC(C#N)C#N. The van der Waals surface area contributed by atoms with Crippen molar-refractivity contribution in [1.82, 2.24) is 0 Å². The standard InChI is InChI=1S/C7H6N2O2/c1-2-7(10)11-5-6(3-8)4-9/h2,6H,1,5H2. The van der Waals surface area contributed by atoms with Crippen molar-refractivity contribution >= 4 is 5.97 Å². The summed E-state index contributed by atoms with van der Waals surface area (Å²) in [5.41, 5.74) is 0. The average molecular weight is 150 g/mol. The van der Waals surface area contributed by atoms with E-state index in [9.17, 15) is 4.79 Å². The summed E-state index contributed by atoms with van der Waals surface area (Å²) in [6.45, 7) is 2.95. The lowest BCUT2D eigenvalue weighted by atomic mass is 10.2. The number of nitrogens with zero attached hydrogens (tertiary/aromatic N) is 2. The second-order valence-corrected chi connectivity index (χ2v) is 1.64. The van der Waals surface area contributed by atoms with Gasteiger partial charge in [0, 0.05) is 6.08 Å². The van der Waals surface area contributed by atoms with E-state index in [1.807, 2.05) is 0 Å². The van der Waals surface area contributed by atoms with Crippen molar-refractivity contribution in [2.75, 3.05) is 6.61 Å². The smallest absolute Gasteiger partial charge is 0.330 e. The van der Waals surface area contributed by atoms with Crippen LogP contribution >= 0.6 is 0 Å². The van der Waals surface area contributed by atoms with Gasteiger partial charge >= 0.3 is 5.97 Å². The number of carbonyl (C=O) groups is 1. The highest BCUT2D eigenvalue weighted by Gasteiger charge is 2.06. The molecule has 0 saturated heterocycles. The molecule has 0 aliphatic heterocycles. The molecule has 0 amide bonds. The molecule has 0 unspecified atom stereocenters. The van der Waals surface area contributed by atoms with Gasteiger partial charge in [0.2, 0.25) is 0 Å². The van der Waals surface area contributed by atoms with Gasteiger partial charge in [-0.25, -0.2) is 4.79 Å². The second-order valence-electron chi connectivity index (χ2n) is 1.64. The Kier molecular flexibility index (Phi) is 4.19. The normalized spacial score (nSPS) is 7.91. The first-order chi connectivity index (χ1) is 5.24. The van der Waals surface area contributed by atoms with E-state index in [4.69, 9.17) is 10.5 Å². The van der Waals surface area contributed by atoms with Crippen LogP contribution in [0.15, 0.2) is 12.7 Å². The molecular formula is C7H6N2O2. The number of hydrogen-bond acceptors (Lipinski definition) is 4. The van der Waals surface area contributed by atoms with Crippen LogP contribution in [0.1, 0.15) is 0 Å². The monoisotopic (exact) mass is 150 g/mol. The molecule has 0 N–H and O–H groups in total. The number of hydrogen-bond donors (Lipinski definition) is 0. The zero-order valence-electron chi connectivity index (χ0n) is 5.78. The van der Waals surface area contributed by atoms with E-state index in [1.54, 1.807) is 12.1 Å². The fraction of sp³-hybridized carbons (Fsp3) is 0.286. The van der Waals surface area contributed by atoms with Gasteiger partial charge in [-0.15, -0.1) is 0 Å². The van der Waals surface area contributed by atoms with Crippen LogP contribution in [0, 0.1) is 28.6 Å². The van der Waals surface area contributed by atoms with Crippen LogP contribution in [0.25, 0.3) is 0 Å². The molecule has 0 bridgehead atoms. The first kappa shape index (κ1) is 9.19. The molecule has 11 heavy (non-hydrogen) atoms. The van der Waals surface area contributed by atoms with Gasteiger partial charge < -0.3 is 4.74 Å². The third-order valence-corrected chi connectivity index (χ3v) is 0.871. The highest BCUT2D eigenvalue weighted by atomic mass is 16.5. The molecule has 0 radical (unpaired) electrons. The van der Waals surface area contributed by atoms with E-state index in [0.29, 0.717) is 0 Å². The summed E-state index contributed by atoms with van der Waals surface area (Å²) in [5, 5.41) is 16.4. The molecule has 0 aliphatic carbocycles. The maximum Gasteiger partial charge on any atom is 0.330 e. The molecule has 4 nitrogen and oxygen atoms in total. The van der Waals surface area contributed by atoms with E-state index in [-0.39, 0.29) is 6.61 Å². The van der Waals surface area contributed by atoms with Gasteiger partial charge in [0.25, 0.3) is 0 Å². The van der Waals surface area contributed by atoms with Crippen LogP contribution in [0.5, 0.6) is 0 Å². The van der Waals surface area contributed by atoms with Crippen molar-refractivity contribution in [3.63, 3.8) is 0 Å². The minimum absolute atomic E-state index is 0.197. The summed E-state index contributed by atoms with van der Waals surface area (Å²) in [6, 6.07) is 3.32. The first-order valence-electron chi connectivity index (χ1n) is 2.83.